The van der Waals surface area contributed by atoms with E-state index in [0.29, 0.717) is 6.04 Å². The van der Waals surface area contributed by atoms with E-state index in [-0.39, 0.29) is 12.3 Å². The molecule has 0 aliphatic heterocycles. The van der Waals surface area contributed by atoms with E-state index in [0.717, 1.165) is 5.25 Å². The Morgan fingerprint density at radius 2 is 2.00 bits per heavy atom. The van der Waals surface area contributed by atoms with Crippen molar-refractivity contribution in [2.75, 3.05) is 20.0 Å². The minimum Gasteiger partial charge on any atom is -0.354 e. The van der Waals surface area contributed by atoms with Crippen molar-refractivity contribution in [3.63, 3.8) is 0 Å². The van der Waals surface area contributed by atoms with Gasteiger partial charge in [0.05, 0.1) is 6.04 Å². The van der Waals surface area contributed by atoms with Crippen LogP contribution < -0.4 is 5.32 Å². The van der Waals surface area contributed by atoms with Gasteiger partial charge in [0.15, 0.2) is 6.29 Å². The predicted molar refractivity (Wildman–Crippen MR) is 70.0 cm³/mol. The molecule has 0 heterocycles. The van der Waals surface area contributed by atoms with Gasteiger partial charge in [0.1, 0.15) is 0 Å². The van der Waals surface area contributed by atoms with Gasteiger partial charge in [0, 0.05) is 25.5 Å². The van der Waals surface area contributed by atoms with Gasteiger partial charge in [0.25, 0.3) is 0 Å². The number of ether oxygens (including phenoxy) is 2. The van der Waals surface area contributed by atoms with Crippen molar-refractivity contribution in [3.05, 3.63) is 0 Å². The molecule has 0 amide bonds. The summed E-state index contributed by atoms with van der Waals surface area (Å²) in [5.74, 6) is 1.20. The average molecular weight is 247 g/mol. The Morgan fingerprint density at radius 3 is 2.56 bits per heavy atom. The average Bonchev–Trinajstić information content (AvgIpc) is 2.68. The summed E-state index contributed by atoms with van der Waals surface area (Å²) in [7, 11) is 3.39. The third-order valence-corrected chi connectivity index (χ3v) is 4.51. The Morgan fingerprint density at radius 1 is 1.31 bits per heavy atom. The first-order chi connectivity index (χ1) is 7.72. The molecule has 0 aromatic heterocycles. The van der Waals surface area contributed by atoms with Crippen molar-refractivity contribution in [1.82, 2.24) is 5.32 Å². The van der Waals surface area contributed by atoms with Crippen molar-refractivity contribution in [2.24, 2.45) is 0 Å². The molecule has 0 aromatic carbocycles. The molecular weight excluding hydrogens is 222 g/mol. The second-order valence-corrected chi connectivity index (χ2v) is 5.84. The Kier molecular flexibility index (Phi) is 6.73. The van der Waals surface area contributed by atoms with Crippen molar-refractivity contribution in [2.45, 2.75) is 56.7 Å². The van der Waals surface area contributed by atoms with Gasteiger partial charge >= 0.3 is 0 Å². The van der Waals surface area contributed by atoms with Crippen molar-refractivity contribution >= 4 is 11.8 Å². The summed E-state index contributed by atoms with van der Waals surface area (Å²) >= 11 is 2.07. The summed E-state index contributed by atoms with van der Waals surface area (Å²) in [6.45, 7) is 4.36. The van der Waals surface area contributed by atoms with Crippen LogP contribution in [0.5, 0.6) is 0 Å². The molecule has 1 N–H and O–H groups in total. The standard InChI is InChI=1S/C12H25NO2S/c1-5-16-11-8-6-7-10(11)13-9(2)12(14-3)15-4/h9-13H,5-8H2,1-4H3. The fourth-order valence-corrected chi connectivity index (χ4v) is 3.66. The highest BCUT2D eigenvalue weighted by molar-refractivity contribution is 7.99. The molecule has 3 unspecified atom stereocenters. The number of thioether (sulfide) groups is 1. The molecule has 1 saturated carbocycles. The molecule has 0 bridgehead atoms. The topological polar surface area (TPSA) is 30.5 Å². The van der Waals surface area contributed by atoms with E-state index in [1.807, 2.05) is 0 Å². The quantitative estimate of drug-likeness (QED) is 0.699. The number of rotatable bonds is 7. The normalized spacial score (nSPS) is 27.6. The van der Waals surface area contributed by atoms with Gasteiger partial charge in [-0.3, -0.25) is 0 Å². The van der Waals surface area contributed by atoms with Crippen LogP contribution in [0.1, 0.15) is 33.1 Å². The second-order valence-electron chi connectivity index (χ2n) is 4.33. The molecule has 1 aliphatic carbocycles. The molecule has 96 valence electrons. The predicted octanol–water partition coefficient (Wildman–Crippen LogP) is 2.26. The zero-order valence-electron chi connectivity index (χ0n) is 10.9. The maximum Gasteiger partial charge on any atom is 0.171 e. The third-order valence-electron chi connectivity index (χ3n) is 3.18. The zero-order chi connectivity index (χ0) is 12.0. The molecule has 0 spiro atoms. The van der Waals surface area contributed by atoms with Gasteiger partial charge < -0.3 is 14.8 Å². The number of hydrogen-bond donors (Lipinski definition) is 1. The summed E-state index contributed by atoms with van der Waals surface area (Å²) < 4.78 is 10.6. The minimum atomic E-state index is -0.145. The molecular formula is C12H25NO2S. The fourth-order valence-electron chi connectivity index (χ4n) is 2.45. The lowest BCUT2D eigenvalue weighted by atomic mass is 10.2. The first-order valence-corrected chi connectivity index (χ1v) is 7.21. The monoisotopic (exact) mass is 247 g/mol. The number of hydrogen-bond acceptors (Lipinski definition) is 4. The van der Waals surface area contributed by atoms with Crippen LogP contribution in [-0.4, -0.2) is 43.6 Å². The van der Waals surface area contributed by atoms with Crippen LogP contribution in [0.25, 0.3) is 0 Å². The Labute approximate surface area is 104 Å². The second kappa shape index (κ2) is 7.54. The number of nitrogens with one attached hydrogen (secondary N) is 1. The van der Waals surface area contributed by atoms with Crippen LogP contribution in [0.15, 0.2) is 0 Å². The first-order valence-electron chi connectivity index (χ1n) is 6.16. The fraction of sp³-hybridized carbons (Fsp3) is 1.00. The van der Waals surface area contributed by atoms with E-state index in [1.54, 1.807) is 14.2 Å². The van der Waals surface area contributed by atoms with Crippen LogP contribution in [-0.2, 0) is 9.47 Å². The lowest BCUT2D eigenvalue weighted by Gasteiger charge is -2.28. The van der Waals surface area contributed by atoms with Gasteiger partial charge in [-0.2, -0.15) is 11.8 Å². The van der Waals surface area contributed by atoms with Crippen LogP contribution in [0.3, 0.4) is 0 Å². The zero-order valence-corrected chi connectivity index (χ0v) is 11.7. The summed E-state index contributed by atoms with van der Waals surface area (Å²) in [5, 5.41) is 4.41. The number of methoxy groups -OCH3 is 2. The molecule has 1 rings (SSSR count). The molecule has 0 radical (unpaired) electrons. The summed E-state index contributed by atoms with van der Waals surface area (Å²) in [6, 6.07) is 0.866. The Bertz CT molecular complexity index is 188. The van der Waals surface area contributed by atoms with Crippen molar-refractivity contribution in [3.8, 4) is 0 Å². The Hall–Kier alpha value is 0.230. The highest BCUT2D eigenvalue weighted by Gasteiger charge is 2.29. The van der Waals surface area contributed by atoms with Gasteiger partial charge in [-0.25, -0.2) is 0 Å². The van der Waals surface area contributed by atoms with E-state index in [2.05, 4.69) is 30.9 Å². The van der Waals surface area contributed by atoms with Crippen LogP contribution in [0.4, 0.5) is 0 Å². The van der Waals surface area contributed by atoms with E-state index < -0.39 is 0 Å². The molecule has 0 aromatic rings. The third kappa shape index (κ3) is 3.91. The molecule has 3 nitrogen and oxygen atoms in total. The van der Waals surface area contributed by atoms with Gasteiger partial charge in [0.2, 0.25) is 0 Å². The van der Waals surface area contributed by atoms with Crippen LogP contribution >= 0.6 is 11.8 Å². The first kappa shape index (κ1) is 14.3. The van der Waals surface area contributed by atoms with Crippen LogP contribution in [0.2, 0.25) is 0 Å². The van der Waals surface area contributed by atoms with Gasteiger partial charge in [-0.05, 0) is 25.5 Å². The van der Waals surface area contributed by atoms with Crippen molar-refractivity contribution < 1.29 is 9.47 Å². The highest BCUT2D eigenvalue weighted by Crippen LogP contribution is 2.30. The molecule has 3 atom stereocenters. The lowest BCUT2D eigenvalue weighted by molar-refractivity contribution is -0.120. The van der Waals surface area contributed by atoms with Crippen molar-refractivity contribution in [1.29, 1.82) is 0 Å². The molecule has 4 heteroatoms. The van der Waals surface area contributed by atoms with Crippen LogP contribution in [0, 0.1) is 0 Å². The molecule has 1 fully saturated rings. The minimum absolute atomic E-state index is 0.145. The summed E-state index contributed by atoms with van der Waals surface area (Å²) in [5.41, 5.74) is 0. The molecule has 0 saturated heterocycles. The Balaban J connectivity index is 2.39. The summed E-state index contributed by atoms with van der Waals surface area (Å²) in [4.78, 5) is 0. The van der Waals surface area contributed by atoms with E-state index >= 15 is 0 Å². The molecule has 1 aliphatic rings. The highest BCUT2D eigenvalue weighted by atomic mass is 32.2. The van der Waals surface area contributed by atoms with E-state index in [1.165, 1.54) is 25.0 Å². The van der Waals surface area contributed by atoms with Gasteiger partial charge in [-0.1, -0.05) is 13.3 Å². The van der Waals surface area contributed by atoms with E-state index in [4.69, 9.17) is 9.47 Å². The SMILES string of the molecule is CCSC1CCCC1NC(C)C(OC)OC. The largest absolute Gasteiger partial charge is 0.354 e. The molecule has 16 heavy (non-hydrogen) atoms. The maximum absolute atomic E-state index is 5.28. The van der Waals surface area contributed by atoms with Gasteiger partial charge in [-0.15, -0.1) is 0 Å². The maximum atomic E-state index is 5.28. The smallest absolute Gasteiger partial charge is 0.171 e. The lowest BCUT2D eigenvalue weighted by Crippen LogP contribution is -2.47. The summed E-state index contributed by atoms with van der Waals surface area (Å²) in [6.07, 6.45) is 3.82. The van der Waals surface area contributed by atoms with E-state index in [9.17, 15) is 0 Å².